The molecule has 1 rings (SSSR count). The summed E-state index contributed by atoms with van der Waals surface area (Å²) in [5.41, 5.74) is 0.154. The van der Waals surface area contributed by atoms with Crippen molar-refractivity contribution in [3.63, 3.8) is 0 Å². The molecule has 0 saturated carbocycles. The van der Waals surface area contributed by atoms with Gasteiger partial charge in [0.1, 0.15) is 5.82 Å². The summed E-state index contributed by atoms with van der Waals surface area (Å²) in [4.78, 5) is 22.9. The lowest BCUT2D eigenvalue weighted by Gasteiger charge is -2.15. The number of hydrogen-bond donors (Lipinski definition) is 0. The van der Waals surface area contributed by atoms with Crippen LogP contribution in [0.2, 0.25) is 0 Å². The van der Waals surface area contributed by atoms with E-state index in [9.17, 15) is 14.0 Å². The number of carbonyl (C=O) groups excluding carboxylic acids is 2. The molecule has 0 spiro atoms. The van der Waals surface area contributed by atoms with Crippen LogP contribution in [0.5, 0.6) is 0 Å². The second-order valence-corrected chi connectivity index (χ2v) is 5.17. The lowest BCUT2D eigenvalue weighted by atomic mass is 9.91. The van der Waals surface area contributed by atoms with Crippen molar-refractivity contribution >= 4 is 17.8 Å². The fraction of sp³-hybridized carbons (Fsp3) is 0.333. The topological polar surface area (TPSA) is 43.4 Å². The largest absolute Gasteiger partial charge is 0.455 e. The molecule has 0 aromatic heterocycles. The average molecular weight is 264 g/mol. The van der Waals surface area contributed by atoms with Gasteiger partial charge in [-0.05, 0) is 23.8 Å². The van der Waals surface area contributed by atoms with E-state index < -0.39 is 11.4 Å². The number of ether oxygens (including phenoxy) is 1. The van der Waals surface area contributed by atoms with Crippen molar-refractivity contribution in [1.29, 1.82) is 0 Å². The highest BCUT2D eigenvalue weighted by Crippen LogP contribution is 2.14. The number of Topliss-reactive ketones (excluding diaryl/α,β-unsaturated/α-hetero) is 1. The van der Waals surface area contributed by atoms with Crippen LogP contribution in [0.4, 0.5) is 4.39 Å². The summed E-state index contributed by atoms with van der Waals surface area (Å²) in [6.07, 6.45) is 2.71. The van der Waals surface area contributed by atoms with Crippen molar-refractivity contribution in [3.05, 3.63) is 41.7 Å². The lowest BCUT2D eigenvalue weighted by Crippen LogP contribution is -2.25. The van der Waals surface area contributed by atoms with Gasteiger partial charge in [-0.15, -0.1) is 0 Å². The van der Waals surface area contributed by atoms with Gasteiger partial charge in [0, 0.05) is 11.5 Å². The van der Waals surface area contributed by atoms with Crippen LogP contribution in [0.25, 0.3) is 6.08 Å². The molecule has 0 aliphatic heterocycles. The predicted octanol–water partition coefficient (Wildman–Crippen LogP) is 3.00. The van der Waals surface area contributed by atoms with Gasteiger partial charge in [-0.3, -0.25) is 4.79 Å². The highest BCUT2D eigenvalue weighted by atomic mass is 19.1. The minimum absolute atomic E-state index is 0.143. The third-order valence-electron chi connectivity index (χ3n) is 2.46. The van der Waals surface area contributed by atoms with Crippen LogP contribution >= 0.6 is 0 Å². The molecule has 0 fully saturated rings. The molecule has 4 heteroatoms. The summed E-state index contributed by atoms with van der Waals surface area (Å²) in [5.74, 6) is -1.08. The molecule has 0 saturated heterocycles. The first-order valence-electron chi connectivity index (χ1n) is 5.93. The quantitative estimate of drug-likeness (QED) is 0.620. The first-order chi connectivity index (χ1) is 8.79. The summed E-state index contributed by atoms with van der Waals surface area (Å²) in [7, 11) is 0. The minimum atomic E-state index is -0.595. The Morgan fingerprint density at radius 3 is 2.32 bits per heavy atom. The second kappa shape index (κ2) is 6.27. The van der Waals surface area contributed by atoms with E-state index in [2.05, 4.69) is 0 Å². The van der Waals surface area contributed by atoms with Crippen molar-refractivity contribution in [2.75, 3.05) is 6.61 Å². The van der Waals surface area contributed by atoms with E-state index in [0.29, 0.717) is 5.56 Å². The third-order valence-corrected chi connectivity index (χ3v) is 2.46. The summed E-state index contributed by atoms with van der Waals surface area (Å²) in [6, 6.07) is 5.68. The van der Waals surface area contributed by atoms with E-state index in [4.69, 9.17) is 4.74 Å². The Hall–Kier alpha value is -1.97. The van der Waals surface area contributed by atoms with E-state index >= 15 is 0 Å². The van der Waals surface area contributed by atoms with Gasteiger partial charge in [0.25, 0.3) is 0 Å². The Morgan fingerprint density at radius 2 is 1.79 bits per heavy atom. The summed E-state index contributed by atoms with van der Waals surface area (Å²) in [5, 5.41) is 0. The molecule has 0 amide bonds. The summed E-state index contributed by atoms with van der Waals surface area (Å²) < 4.78 is 17.5. The maximum absolute atomic E-state index is 12.7. The van der Waals surface area contributed by atoms with Crippen LogP contribution in [0.3, 0.4) is 0 Å². The van der Waals surface area contributed by atoms with E-state index in [0.717, 1.165) is 0 Å². The number of ketones is 1. The van der Waals surface area contributed by atoms with E-state index in [-0.39, 0.29) is 18.2 Å². The lowest BCUT2D eigenvalue weighted by molar-refractivity contribution is -0.145. The van der Waals surface area contributed by atoms with Crippen molar-refractivity contribution < 1.29 is 18.7 Å². The van der Waals surface area contributed by atoms with Crippen molar-refractivity contribution in [2.45, 2.75) is 20.8 Å². The molecule has 0 radical (unpaired) electrons. The Bertz CT molecular complexity index is 481. The molecule has 0 atom stereocenters. The van der Waals surface area contributed by atoms with Gasteiger partial charge in [0.15, 0.2) is 12.4 Å². The Balaban J connectivity index is 2.48. The fourth-order valence-electron chi connectivity index (χ4n) is 1.14. The van der Waals surface area contributed by atoms with Gasteiger partial charge in [0.05, 0.1) is 0 Å². The van der Waals surface area contributed by atoms with E-state index in [1.165, 1.54) is 24.3 Å². The van der Waals surface area contributed by atoms with Crippen molar-refractivity contribution in [1.82, 2.24) is 0 Å². The molecular formula is C15H17FO3. The number of esters is 1. The maximum atomic E-state index is 12.7. The number of carbonyl (C=O) groups is 2. The highest BCUT2D eigenvalue weighted by Gasteiger charge is 2.21. The zero-order chi connectivity index (χ0) is 14.5. The zero-order valence-electron chi connectivity index (χ0n) is 11.3. The molecule has 0 heterocycles. The van der Waals surface area contributed by atoms with Crippen molar-refractivity contribution in [3.8, 4) is 0 Å². The molecule has 0 bridgehead atoms. The molecule has 19 heavy (non-hydrogen) atoms. The number of halogens is 1. The zero-order valence-corrected chi connectivity index (χ0v) is 11.3. The van der Waals surface area contributed by atoms with Gasteiger partial charge in [-0.25, -0.2) is 9.18 Å². The monoisotopic (exact) mass is 264 g/mol. The number of benzene rings is 1. The van der Waals surface area contributed by atoms with E-state index in [1.807, 2.05) is 0 Å². The van der Waals surface area contributed by atoms with Crippen LogP contribution in [0.15, 0.2) is 30.3 Å². The first-order valence-corrected chi connectivity index (χ1v) is 5.93. The van der Waals surface area contributed by atoms with Gasteiger partial charge in [-0.2, -0.15) is 0 Å². The molecule has 3 nitrogen and oxygen atoms in total. The molecule has 0 aliphatic rings. The van der Waals surface area contributed by atoms with E-state index in [1.54, 1.807) is 32.9 Å². The Morgan fingerprint density at radius 1 is 1.21 bits per heavy atom. The van der Waals surface area contributed by atoms with Crippen LogP contribution in [0.1, 0.15) is 26.3 Å². The second-order valence-electron chi connectivity index (χ2n) is 5.17. The fourth-order valence-corrected chi connectivity index (χ4v) is 1.14. The molecule has 102 valence electrons. The van der Waals surface area contributed by atoms with Crippen LogP contribution in [-0.4, -0.2) is 18.4 Å². The molecular weight excluding hydrogens is 247 g/mol. The third kappa shape index (κ3) is 5.46. The summed E-state index contributed by atoms with van der Waals surface area (Å²) >= 11 is 0. The van der Waals surface area contributed by atoms with Crippen LogP contribution in [-0.2, 0) is 14.3 Å². The SMILES string of the molecule is CC(C)(C)C(=O)COC(=O)/C=C/c1ccc(F)cc1. The normalized spacial score (nSPS) is 11.6. The standard InChI is InChI=1S/C15H17FO3/c1-15(2,3)13(17)10-19-14(18)9-6-11-4-7-12(16)8-5-11/h4-9H,10H2,1-3H3/b9-6+. The number of rotatable bonds is 4. The summed E-state index contributed by atoms with van der Waals surface area (Å²) in [6.45, 7) is 5.04. The molecule has 1 aromatic rings. The molecule has 0 aliphatic carbocycles. The number of hydrogen-bond acceptors (Lipinski definition) is 3. The Kier molecular flexibility index (Phi) is 4.98. The predicted molar refractivity (Wildman–Crippen MR) is 70.9 cm³/mol. The Labute approximate surface area is 112 Å². The van der Waals surface area contributed by atoms with Crippen molar-refractivity contribution in [2.24, 2.45) is 5.41 Å². The first kappa shape index (κ1) is 15.1. The van der Waals surface area contributed by atoms with Gasteiger partial charge in [0.2, 0.25) is 0 Å². The van der Waals surface area contributed by atoms with Gasteiger partial charge in [-0.1, -0.05) is 32.9 Å². The average Bonchev–Trinajstić information content (AvgIpc) is 2.34. The van der Waals surface area contributed by atoms with Gasteiger partial charge < -0.3 is 4.74 Å². The van der Waals surface area contributed by atoms with Crippen LogP contribution in [0, 0.1) is 11.2 Å². The van der Waals surface area contributed by atoms with Crippen LogP contribution < -0.4 is 0 Å². The smallest absolute Gasteiger partial charge is 0.331 e. The molecule has 0 unspecified atom stereocenters. The minimum Gasteiger partial charge on any atom is -0.455 e. The van der Waals surface area contributed by atoms with Gasteiger partial charge >= 0.3 is 5.97 Å². The highest BCUT2D eigenvalue weighted by molar-refractivity contribution is 5.91. The maximum Gasteiger partial charge on any atom is 0.331 e. The molecule has 1 aromatic carbocycles. The molecule has 0 N–H and O–H groups in total.